The van der Waals surface area contributed by atoms with Crippen molar-refractivity contribution < 1.29 is 18.7 Å². The van der Waals surface area contributed by atoms with Crippen LogP contribution in [-0.4, -0.2) is 47.5 Å². The van der Waals surface area contributed by atoms with Gasteiger partial charge in [0.2, 0.25) is 0 Å². The number of nitrogens with zero attached hydrogens (tertiary/aromatic N) is 3. The van der Waals surface area contributed by atoms with E-state index in [0.29, 0.717) is 0 Å². The van der Waals surface area contributed by atoms with Gasteiger partial charge in [0, 0.05) is 6.20 Å². The summed E-state index contributed by atoms with van der Waals surface area (Å²) in [6, 6.07) is 7.58. The number of hydrogen-bond acceptors (Lipinski definition) is 8. The maximum Gasteiger partial charge on any atom is 0.275 e. The fraction of sp³-hybridized carbons (Fsp3) is 0.235. The van der Waals surface area contributed by atoms with E-state index >= 15 is 0 Å². The number of nitrogens with two attached hydrogens (primary N) is 1. The summed E-state index contributed by atoms with van der Waals surface area (Å²) in [5.74, 6) is -0.619. The summed E-state index contributed by atoms with van der Waals surface area (Å²) in [7, 11) is 0. The number of thiol groups is 1. The van der Waals surface area contributed by atoms with E-state index in [1.54, 1.807) is 18.2 Å². The molecule has 2 amide bonds. The van der Waals surface area contributed by atoms with Crippen molar-refractivity contribution in [2.24, 2.45) is 10.7 Å². The molecule has 1 aliphatic heterocycles. The number of hydrogen-bond donors (Lipinski definition) is 4. The van der Waals surface area contributed by atoms with E-state index in [1.165, 1.54) is 18.3 Å². The number of amides is 2. The molecule has 4 N–H and O–H groups in total. The van der Waals surface area contributed by atoms with E-state index < -0.39 is 24.0 Å². The van der Waals surface area contributed by atoms with Gasteiger partial charge in [-0.2, -0.15) is 0 Å². The first-order valence-corrected chi connectivity index (χ1v) is 8.59. The van der Waals surface area contributed by atoms with Gasteiger partial charge in [-0.3, -0.25) is 24.3 Å². The molecule has 3 heterocycles. The molecule has 0 bridgehead atoms. The van der Waals surface area contributed by atoms with Crippen molar-refractivity contribution in [1.82, 2.24) is 14.7 Å². The number of rotatable bonds is 5. The Bertz CT molecular complexity index is 923. The molecular formula is C17H17FN6O3S. The fourth-order valence-corrected chi connectivity index (χ4v) is 2.73. The first kappa shape index (κ1) is 19.7. The number of ether oxygens (including phenoxy) is 1. The highest BCUT2D eigenvalue weighted by atomic mass is 32.1. The van der Waals surface area contributed by atoms with Crippen molar-refractivity contribution in [1.29, 1.82) is 0 Å². The second-order valence-corrected chi connectivity index (χ2v) is 6.22. The van der Waals surface area contributed by atoms with Crippen LogP contribution in [0.1, 0.15) is 26.5 Å². The van der Waals surface area contributed by atoms with Gasteiger partial charge in [-0.05, 0) is 24.3 Å². The Balaban J connectivity index is 1.80. The predicted molar refractivity (Wildman–Crippen MR) is 103 cm³/mol. The second kappa shape index (κ2) is 8.31. The van der Waals surface area contributed by atoms with Gasteiger partial charge < -0.3 is 15.8 Å². The molecule has 0 spiro atoms. The van der Waals surface area contributed by atoms with E-state index in [0.717, 1.165) is 0 Å². The Morgan fingerprint density at radius 3 is 2.75 bits per heavy atom. The minimum absolute atomic E-state index is 0.00910. The van der Waals surface area contributed by atoms with Crippen molar-refractivity contribution >= 4 is 36.3 Å². The molecule has 3 rings (SSSR count). The van der Waals surface area contributed by atoms with Gasteiger partial charge in [0.25, 0.3) is 11.8 Å². The molecule has 0 saturated carbocycles. The van der Waals surface area contributed by atoms with Crippen molar-refractivity contribution in [3.8, 4) is 0 Å². The third-order valence-electron chi connectivity index (χ3n) is 4.00. The summed E-state index contributed by atoms with van der Waals surface area (Å²) in [5, 5.41) is 2.58. The van der Waals surface area contributed by atoms with Crippen LogP contribution in [0.25, 0.3) is 0 Å². The standard InChI is InChI=1S/C17H17FN6O3S/c18-8-17(9-27-7-13(19)23-17)12-2-1-3-14(21-12)22-16(26)11-5-4-10(6-20-11)15(25)24-28/h1-6,28H,7-9H2,(H2,19,23)(H,24,25)(H,21,22,26). The smallest absolute Gasteiger partial charge is 0.275 e. The summed E-state index contributed by atoms with van der Waals surface area (Å²) in [6.45, 7) is -0.732. The Morgan fingerprint density at radius 1 is 1.29 bits per heavy atom. The van der Waals surface area contributed by atoms with Gasteiger partial charge in [-0.15, -0.1) is 0 Å². The average Bonchev–Trinajstić information content (AvgIpc) is 2.73. The number of amidine groups is 1. The summed E-state index contributed by atoms with van der Waals surface area (Å²) < 4.78 is 21.2. The van der Waals surface area contributed by atoms with Gasteiger partial charge in [0.1, 0.15) is 30.6 Å². The van der Waals surface area contributed by atoms with Crippen LogP contribution in [0.5, 0.6) is 0 Å². The average molecular weight is 404 g/mol. The Kier molecular flexibility index (Phi) is 5.85. The van der Waals surface area contributed by atoms with Crippen LogP contribution in [0.15, 0.2) is 41.5 Å². The number of pyridine rings is 2. The van der Waals surface area contributed by atoms with E-state index in [4.69, 9.17) is 10.5 Å². The Hall–Kier alpha value is -3.05. The fourth-order valence-electron chi connectivity index (χ4n) is 2.60. The number of anilines is 1. The van der Waals surface area contributed by atoms with Gasteiger partial charge in [0.15, 0.2) is 5.54 Å². The number of nitrogens with one attached hydrogen (secondary N) is 2. The highest BCUT2D eigenvalue weighted by molar-refractivity contribution is 7.78. The highest BCUT2D eigenvalue weighted by Crippen LogP contribution is 2.29. The lowest BCUT2D eigenvalue weighted by atomic mass is 9.97. The van der Waals surface area contributed by atoms with Crippen molar-refractivity contribution in [2.75, 3.05) is 25.2 Å². The summed E-state index contributed by atoms with van der Waals surface area (Å²) in [6.07, 6.45) is 1.25. The molecule has 2 aromatic rings. The van der Waals surface area contributed by atoms with Crippen LogP contribution in [-0.2, 0) is 10.3 Å². The number of halogens is 1. The molecule has 28 heavy (non-hydrogen) atoms. The Morgan fingerprint density at radius 2 is 2.11 bits per heavy atom. The van der Waals surface area contributed by atoms with Crippen LogP contribution >= 0.6 is 12.8 Å². The molecule has 2 aromatic heterocycles. The van der Waals surface area contributed by atoms with E-state index in [2.05, 4.69) is 37.8 Å². The van der Waals surface area contributed by atoms with Crippen LogP contribution < -0.4 is 15.8 Å². The summed E-state index contributed by atoms with van der Waals surface area (Å²) in [4.78, 5) is 36.2. The van der Waals surface area contributed by atoms with Crippen LogP contribution in [0.4, 0.5) is 10.2 Å². The maximum atomic E-state index is 13.8. The molecule has 0 radical (unpaired) electrons. The van der Waals surface area contributed by atoms with Crippen LogP contribution in [0, 0.1) is 0 Å². The number of alkyl halides is 1. The molecule has 0 aliphatic carbocycles. The lowest BCUT2D eigenvalue weighted by Gasteiger charge is -2.30. The molecule has 0 saturated heterocycles. The third kappa shape index (κ3) is 4.10. The SMILES string of the molecule is NC1=NC(CF)(c2cccc(NC(=O)c3ccc(C(=O)NS)cn3)n2)COC1. The normalized spacial score (nSPS) is 18.9. The molecule has 11 heteroatoms. The molecular weight excluding hydrogens is 387 g/mol. The maximum absolute atomic E-state index is 13.8. The first-order valence-electron chi connectivity index (χ1n) is 8.15. The van der Waals surface area contributed by atoms with E-state index in [-0.39, 0.29) is 41.8 Å². The first-order chi connectivity index (χ1) is 13.5. The zero-order valence-electron chi connectivity index (χ0n) is 14.6. The minimum Gasteiger partial charge on any atom is -0.385 e. The van der Waals surface area contributed by atoms with Crippen molar-refractivity contribution in [3.63, 3.8) is 0 Å². The van der Waals surface area contributed by atoms with Crippen molar-refractivity contribution in [2.45, 2.75) is 5.54 Å². The third-order valence-corrected chi connectivity index (χ3v) is 4.20. The van der Waals surface area contributed by atoms with Gasteiger partial charge >= 0.3 is 0 Å². The zero-order valence-corrected chi connectivity index (χ0v) is 15.4. The lowest BCUT2D eigenvalue weighted by molar-refractivity contribution is 0.0807. The largest absolute Gasteiger partial charge is 0.385 e. The van der Waals surface area contributed by atoms with Crippen molar-refractivity contribution in [3.05, 3.63) is 53.5 Å². The summed E-state index contributed by atoms with van der Waals surface area (Å²) >= 11 is 3.67. The second-order valence-electron chi connectivity index (χ2n) is 6.00. The number of carbonyl (C=O) groups excluding carboxylic acids is 2. The molecule has 9 nitrogen and oxygen atoms in total. The predicted octanol–water partition coefficient (Wildman–Crippen LogP) is 0.856. The van der Waals surface area contributed by atoms with Gasteiger partial charge in [-0.1, -0.05) is 18.9 Å². The molecule has 1 unspecified atom stereocenters. The zero-order chi connectivity index (χ0) is 20.1. The topological polar surface area (TPSA) is 132 Å². The number of carbonyl (C=O) groups is 2. The number of aliphatic imine (C=N–C) groups is 1. The van der Waals surface area contributed by atoms with E-state index in [1.807, 2.05) is 0 Å². The Labute approximate surface area is 165 Å². The van der Waals surface area contributed by atoms with Crippen LogP contribution in [0.2, 0.25) is 0 Å². The quantitative estimate of drug-likeness (QED) is 0.547. The molecule has 1 aliphatic rings. The van der Waals surface area contributed by atoms with Gasteiger partial charge in [0.05, 0.1) is 17.9 Å². The highest BCUT2D eigenvalue weighted by Gasteiger charge is 2.37. The molecule has 0 aromatic carbocycles. The van der Waals surface area contributed by atoms with Gasteiger partial charge in [-0.25, -0.2) is 9.37 Å². The minimum atomic E-state index is -1.34. The summed E-state index contributed by atoms with van der Waals surface area (Å²) in [5.41, 5.74) is 4.95. The molecule has 146 valence electrons. The number of aromatic nitrogens is 2. The van der Waals surface area contributed by atoms with E-state index in [9.17, 15) is 14.0 Å². The molecule has 1 atom stereocenters. The monoisotopic (exact) mass is 404 g/mol. The lowest BCUT2D eigenvalue weighted by Crippen LogP contribution is -2.42. The van der Waals surface area contributed by atoms with Crippen LogP contribution in [0.3, 0.4) is 0 Å². The molecule has 0 fully saturated rings.